The minimum absolute atomic E-state index is 0.121. The highest BCUT2D eigenvalue weighted by Crippen LogP contribution is 2.37. The predicted octanol–water partition coefficient (Wildman–Crippen LogP) is 3.34. The Kier molecular flexibility index (Phi) is 4.36. The molecule has 0 fully saturated rings. The lowest BCUT2D eigenvalue weighted by molar-refractivity contribution is -0.384. The molecule has 0 amide bonds. The first-order valence-electron chi connectivity index (χ1n) is 7.18. The molecule has 7 nitrogen and oxygen atoms in total. The fourth-order valence-electron chi connectivity index (χ4n) is 2.52. The Morgan fingerprint density at radius 2 is 1.77 bits per heavy atom. The zero-order valence-electron chi connectivity index (χ0n) is 12.9. The highest BCUT2D eigenvalue weighted by Gasteiger charge is 2.47. The average molecular weight is 388 g/mol. The van der Waals surface area contributed by atoms with Gasteiger partial charge in [-0.1, -0.05) is 24.3 Å². The summed E-state index contributed by atoms with van der Waals surface area (Å²) in [4.78, 5) is 14.6. The Morgan fingerprint density at radius 1 is 1.12 bits per heavy atom. The zero-order chi connectivity index (χ0) is 19.1. The minimum Gasteiger partial charge on any atom is -0.268 e. The summed E-state index contributed by atoms with van der Waals surface area (Å²) in [5.74, 6) is 0. The van der Waals surface area contributed by atoms with Crippen LogP contribution in [-0.4, -0.2) is 18.8 Å². The molecule has 26 heavy (non-hydrogen) atoms. The molecule has 1 aliphatic rings. The van der Waals surface area contributed by atoms with Crippen molar-refractivity contribution in [2.45, 2.75) is 23.6 Å². The molecule has 0 radical (unpaired) electrons. The zero-order valence-corrected chi connectivity index (χ0v) is 13.7. The van der Waals surface area contributed by atoms with Gasteiger partial charge in [0, 0.05) is 6.07 Å². The molecule has 0 atom stereocenters. The number of sulfone groups is 1. The molecule has 0 saturated heterocycles. The Bertz CT molecular complexity index is 975. The van der Waals surface area contributed by atoms with Crippen LogP contribution in [0.1, 0.15) is 11.1 Å². The van der Waals surface area contributed by atoms with E-state index in [9.17, 15) is 31.7 Å². The van der Waals surface area contributed by atoms with Gasteiger partial charge in [-0.15, -0.1) is 0 Å². The van der Waals surface area contributed by atoms with Crippen molar-refractivity contribution in [3.8, 4) is 0 Å². The molecule has 0 bridgehead atoms. The topological polar surface area (TPSA) is 89.8 Å². The van der Waals surface area contributed by atoms with Crippen LogP contribution in [0.25, 0.3) is 0 Å². The van der Waals surface area contributed by atoms with Crippen molar-refractivity contribution in [1.29, 1.82) is 0 Å². The first-order chi connectivity index (χ1) is 12.1. The van der Waals surface area contributed by atoms with Crippen LogP contribution in [0, 0.1) is 10.1 Å². The fourth-order valence-corrected chi connectivity index (χ4v) is 3.30. The summed E-state index contributed by atoms with van der Waals surface area (Å²) in [6.07, 6.45) is 0. The molecule has 0 N–H and O–H groups in total. The Labute approximate surface area is 145 Å². The molecule has 0 saturated carbocycles. The number of rotatable bonds is 3. The molecule has 0 unspecified atom stereocenters. The summed E-state index contributed by atoms with van der Waals surface area (Å²) >= 11 is 0. The maximum Gasteiger partial charge on any atom is 0.501 e. The smallest absolute Gasteiger partial charge is 0.268 e. The molecule has 11 heteroatoms. The summed E-state index contributed by atoms with van der Waals surface area (Å²) in [6.45, 7) is 0.248. The van der Waals surface area contributed by atoms with E-state index in [2.05, 4.69) is 0 Å². The van der Waals surface area contributed by atoms with Gasteiger partial charge in [0.15, 0.2) is 0 Å². The van der Waals surface area contributed by atoms with Gasteiger partial charge in [-0.3, -0.25) is 15.0 Å². The number of nitro groups is 1. The average Bonchev–Trinajstić information content (AvgIpc) is 2.59. The van der Waals surface area contributed by atoms with Crippen molar-refractivity contribution in [2.24, 2.45) is 0 Å². The van der Waals surface area contributed by atoms with E-state index in [0.29, 0.717) is 12.1 Å². The first-order valence-corrected chi connectivity index (χ1v) is 8.66. The number of fused-ring (bicyclic) bond motifs is 1. The molecule has 1 heterocycles. The summed E-state index contributed by atoms with van der Waals surface area (Å²) in [6, 6.07) is 9.19. The van der Waals surface area contributed by atoms with Crippen molar-refractivity contribution in [1.82, 2.24) is 0 Å². The molecule has 0 spiro atoms. The highest BCUT2D eigenvalue weighted by atomic mass is 32.2. The van der Waals surface area contributed by atoms with Crippen LogP contribution >= 0.6 is 0 Å². The number of anilines is 1. The molecular formula is C15H11F3N2O5S. The normalized spacial score (nSPS) is 14.8. The fraction of sp³-hybridized carbons (Fsp3) is 0.200. The van der Waals surface area contributed by atoms with E-state index >= 15 is 0 Å². The second-order valence-corrected chi connectivity index (χ2v) is 7.38. The SMILES string of the molecule is O=[N+]([O-])c1cc(S(=O)(=O)C(F)(F)F)ccc1N1Cc2ccccc2CO1. The van der Waals surface area contributed by atoms with E-state index in [-0.39, 0.29) is 18.8 Å². The third-order valence-electron chi connectivity index (χ3n) is 3.84. The summed E-state index contributed by atoms with van der Waals surface area (Å²) in [7, 11) is -5.69. The molecular weight excluding hydrogens is 377 g/mol. The first kappa shape index (κ1) is 18.1. The second-order valence-electron chi connectivity index (χ2n) is 5.44. The van der Waals surface area contributed by atoms with Crippen LogP contribution in [0.4, 0.5) is 24.5 Å². The number of hydrogen-bond acceptors (Lipinski definition) is 6. The lowest BCUT2D eigenvalue weighted by Crippen LogP contribution is -2.29. The quantitative estimate of drug-likeness (QED) is 0.592. The van der Waals surface area contributed by atoms with Gasteiger partial charge in [-0.2, -0.15) is 13.2 Å². The van der Waals surface area contributed by atoms with Gasteiger partial charge < -0.3 is 0 Å². The number of benzene rings is 2. The van der Waals surface area contributed by atoms with Crippen LogP contribution in [0.3, 0.4) is 0 Å². The number of nitro benzene ring substituents is 1. The van der Waals surface area contributed by atoms with Crippen molar-refractivity contribution in [3.05, 3.63) is 63.7 Å². The van der Waals surface area contributed by atoms with E-state index < -0.39 is 30.9 Å². The Hall–Kier alpha value is -2.66. The van der Waals surface area contributed by atoms with Crippen molar-refractivity contribution < 1.29 is 31.3 Å². The van der Waals surface area contributed by atoms with E-state index in [0.717, 1.165) is 22.3 Å². The lowest BCUT2D eigenvalue weighted by Gasteiger charge is -2.29. The van der Waals surface area contributed by atoms with Crippen molar-refractivity contribution in [2.75, 3.05) is 5.06 Å². The standard InChI is InChI=1S/C15H11F3N2O5S/c16-15(17,18)26(23,24)12-5-6-13(14(7-12)20(21)22)19-8-10-3-1-2-4-11(10)9-25-19/h1-7H,8-9H2. The third-order valence-corrected chi connectivity index (χ3v) is 5.32. The summed E-state index contributed by atoms with van der Waals surface area (Å²) in [5, 5.41) is 12.4. The Balaban J connectivity index is 2.03. The largest absolute Gasteiger partial charge is 0.501 e. The molecule has 2 aromatic rings. The van der Waals surface area contributed by atoms with E-state index in [1.165, 1.54) is 0 Å². The van der Waals surface area contributed by atoms with Crippen LogP contribution in [0.15, 0.2) is 47.4 Å². The van der Waals surface area contributed by atoms with E-state index in [1.807, 2.05) is 6.07 Å². The number of nitrogens with zero attached hydrogens (tertiary/aromatic N) is 2. The van der Waals surface area contributed by atoms with Crippen LogP contribution in [0.2, 0.25) is 0 Å². The maximum absolute atomic E-state index is 12.7. The lowest BCUT2D eigenvalue weighted by atomic mass is 10.1. The van der Waals surface area contributed by atoms with Crippen molar-refractivity contribution in [3.63, 3.8) is 0 Å². The Morgan fingerprint density at radius 3 is 2.38 bits per heavy atom. The maximum atomic E-state index is 12.7. The number of alkyl halides is 3. The number of hydrogen-bond donors (Lipinski definition) is 0. The number of halogens is 3. The van der Waals surface area contributed by atoms with E-state index in [1.54, 1.807) is 18.2 Å². The van der Waals surface area contributed by atoms with Gasteiger partial charge in [0.05, 0.1) is 16.4 Å². The monoisotopic (exact) mass is 388 g/mol. The highest BCUT2D eigenvalue weighted by molar-refractivity contribution is 7.92. The van der Waals surface area contributed by atoms with Gasteiger partial charge in [-0.05, 0) is 23.3 Å². The van der Waals surface area contributed by atoms with E-state index in [4.69, 9.17) is 4.84 Å². The molecule has 1 aliphatic heterocycles. The van der Waals surface area contributed by atoms with Gasteiger partial charge >= 0.3 is 5.51 Å². The minimum atomic E-state index is -5.69. The van der Waals surface area contributed by atoms with Crippen LogP contribution in [-0.2, 0) is 27.8 Å². The van der Waals surface area contributed by atoms with Crippen molar-refractivity contribution >= 4 is 21.2 Å². The van der Waals surface area contributed by atoms with Gasteiger partial charge in [0.25, 0.3) is 15.5 Å². The third kappa shape index (κ3) is 3.10. The van der Waals surface area contributed by atoms with Gasteiger partial charge in [-0.25, -0.2) is 13.5 Å². The van der Waals surface area contributed by atoms with Crippen LogP contribution < -0.4 is 5.06 Å². The summed E-state index contributed by atoms with van der Waals surface area (Å²) in [5.41, 5.74) is -4.77. The summed E-state index contributed by atoms with van der Waals surface area (Å²) < 4.78 is 61.0. The molecule has 3 rings (SSSR count). The molecule has 0 aliphatic carbocycles. The van der Waals surface area contributed by atoms with Crippen LogP contribution in [0.5, 0.6) is 0 Å². The second kappa shape index (κ2) is 6.25. The molecule has 2 aromatic carbocycles. The van der Waals surface area contributed by atoms with Gasteiger partial charge in [0.1, 0.15) is 12.3 Å². The van der Waals surface area contributed by atoms with Gasteiger partial charge in [0.2, 0.25) is 0 Å². The molecule has 138 valence electrons. The molecule has 0 aromatic heterocycles. The number of hydroxylamine groups is 1. The predicted molar refractivity (Wildman–Crippen MR) is 83.8 cm³/mol.